The van der Waals surface area contributed by atoms with Crippen molar-refractivity contribution in [2.24, 2.45) is 0 Å². The van der Waals surface area contributed by atoms with Crippen LogP contribution in [0.4, 0.5) is 5.69 Å². The Labute approximate surface area is 146 Å². The molecule has 6 nitrogen and oxygen atoms in total. The van der Waals surface area contributed by atoms with Gasteiger partial charge >= 0.3 is 0 Å². The highest BCUT2D eigenvalue weighted by Gasteiger charge is 2.28. The molecule has 0 N–H and O–H groups in total. The number of rotatable bonds is 4. The van der Waals surface area contributed by atoms with Crippen LogP contribution in [0.1, 0.15) is 30.2 Å². The summed E-state index contributed by atoms with van der Waals surface area (Å²) in [6.45, 7) is 5.00. The summed E-state index contributed by atoms with van der Waals surface area (Å²) in [5.74, 6) is 1.71. The predicted molar refractivity (Wildman–Crippen MR) is 95.5 cm³/mol. The number of piperazine rings is 1. The van der Waals surface area contributed by atoms with E-state index >= 15 is 0 Å². The van der Waals surface area contributed by atoms with Crippen LogP contribution in [-0.2, 0) is 6.54 Å². The number of hydrogen-bond acceptors (Lipinski definition) is 6. The zero-order valence-corrected chi connectivity index (χ0v) is 14.1. The molecule has 1 aliphatic heterocycles. The second kappa shape index (κ2) is 6.11. The van der Waals surface area contributed by atoms with Crippen molar-refractivity contribution in [2.75, 3.05) is 31.1 Å². The van der Waals surface area contributed by atoms with Crippen LogP contribution in [0.15, 0.2) is 41.3 Å². The van der Waals surface area contributed by atoms with Crippen molar-refractivity contribution in [3.63, 3.8) is 0 Å². The van der Waals surface area contributed by atoms with Gasteiger partial charge in [-0.15, -0.1) is 0 Å². The molecule has 1 saturated heterocycles. The molecule has 1 saturated carbocycles. The fraction of sp³-hybridized carbons (Fsp3) is 0.421. The van der Waals surface area contributed by atoms with Crippen LogP contribution >= 0.6 is 0 Å². The van der Waals surface area contributed by atoms with E-state index in [1.54, 1.807) is 6.33 Å². The Morgan fingerprint density at radius 3 is 2.80 bits per heavy atom. The topological polar surface area (TPSA) is 58.3 Å². The SMILES string of the molecule is c1ncc2cc(N3CCN(Cc4cc(C5CC5)on4)CC3)ccc2n1. The molecular formula is C19H21N5O. The Balaban J connectivity index is 1.22. The summed E-state index contributed by atoms with van der Waals surface area (Å²) in [5, 5.41) is 5.33. The first-order chi connectivity index (χ1) is 12.3. The van der Waals surface area contributed by atoms with E-state index < -0.39 is 0 Å². The van der Waals surface area contributed by atoms with E-state index in [0.717, 1.165) is 55.1 Å². The van der Waals surface area contributed by atoms with Crippen LogP contribution in [0, 0.1) is 0 Å². The van der Waals surface area contributed by atoms with Gasteiger partial charge in [0.2, 0.25) is 0 Å². The first-order valence-corrected chi connectivity index (χ1v) is 8.98. The summed E-state index contributed by atoms with van der Waals surface area (Å²) in [6.07, 6.45) is 5.98. The van der Waals surface area contributed by atoms with Crippen LogP contribution in [-0.4, -0.2) is 46.2 Å². The fourth-order valence-corrected chi connectivity index (χ4v) is 3.53. The third-order valence-electron chi connectivity index (χ3n) is 5.17. The number of anilines is 1. The average Bonchev–Trinajstić information content (AvgIpc) is 3.42. The number of hydrogen-bond donors (Lipinski definition) is 0. The van der Waals surface area contributed by atoms with Gasteiger partial charge in [-0.2, -0.15) is 0 Å². The van der Waals surface area contributed by atoms with E-state index in [1.807, 2.05) is 6.20 Å². The molecule has 3 aromatic rings. The third kappa shape index (κ3) is 3.09. The van der Waals surface area contributed by atoms with Crippen molar-refractivity contribution < 1.29 is 4.52 Å². The van der Waals surface area contributed by atoms with Gasteiger partial charge in [-0.05, 0) is 31.0 Å². The molecule has 1 aliphatic carbocycles. The van der Waals surface area contributed by atoms with Crippen molar-refractivity contribution in [1.29, 1.82) is 0 Å². The molecule has 0 bridgehead atoms. The zero-order valence-electron chi connectivity index (χ0n) is 14.1. The quantitative estimate of drug-likeness (QED) is 0.731. The molecule has 128 valence electrons. The predicted octanol–water partition coefficient (Wildman–Crippen LogP) is 2.82. The van der Waals surface area contributed by atoms with Gasteiger partial charge in [0.25, 0.3) is 0 Å². The molecule has 25 heavy (non-hydrogen) atoms. The van der Waals surface area contributed by atoms with E-state index in [2.05, 4.69) is 49.2 Å². The number of benzene rings is 1. The Morgan fingerprint density at radius 1 is 1.08 bits per heavy atom. The van der Waals surface area contributed by atoms with Crippen LogP contribution in [0.2, 0.25) is 0 Å². The minimum atomic E-state index is 0.634. The highest BCUT2D eigenvalue weighted by atomic mass is 16.5. The van der Waals surface area contributed by atoms with E-state index in [4.69, 9.17) is 4.52 Å². The van der Waals surface area contributed by atoms with Gasteiger partial charge in [0.05, 0.1) is 11.2 Å². The van der Waals surface area contributed by atoms with Gasteiger partial charge < -0.3 is 9.42 Å². The summed E-state index contributed by atoms with van der Waals surface area (Å²) >= 11 is 0. The largest absolute Gasteiger partial charge is 0.369 e. The lowest BCUT2D eigenvalue weighted by molar-refractivity contribution is 0.241. The van der Waals surface area contributed by atoms with Crippen molar-refractivity contribution in [3.05, 3.63) is 48.2 Å². The van der Waals surface area contributed by atoms with Crippen molar-refractivity contribution >= 4 is 16.6 Å². The molecule has 0 unspecified atom stereocenters. The molecule has 2 aliphatic rings. The van der Waals surface area contributed by atoms with Gasteiger partial charge in [0.1, 0.15) is 12.1 Å². The molecule has 0 amide bonds. The maximum absolute atomic E-state index is 5.46. The first kappa shape index (κ1) is 14.8. The van der Waals surface area contributed by atoms with Gasteiger partial charge in [0, 0.05) is 62.0 Å². The summed E-state index contributed by atoms with van der Waals surface area (Å²) in [6, 6.07) is 8.57. The smallest absolute Gasteiger partial charge is 0.140 e. The van der Waals surface area contributed by atoms with Gasteiger partial charge in [-0.3, -0.25) is 4.90 Å². The minimum Gasteiger partial charge on any atom is -0.369 e. The minimum absolute atomic E-state index is 0.634. The first-order valence-electron chi connectivity index (χ1n) is 8.98. The molecule has 0 atom stereocenters. The van der Waals surface area contributed by atoms with E-state index in [9.17, 15) is 0 Å². The lowest BCUT2D eigenvalue weighted by Crippen LogP contribution is -2.46. The van der Waals surface area contributed by atoms with Crippen LogP contribution in [0.5, 0.6) is 0 Å². The molecule has 0 radical (unpaired) electrons. The molecule has 2 fully saturated rings. The third-order valence-corrected chi connectivity index (χ3v) is 5.17. The highest BCUT2D eigenvalue weighted by Crippen LogP contribution is 2.40. The zero-order chi connectivity index (χ0) is 16.6. The second-order valence-corrected chi connectivity index (χ2v) is 7.02. The van der Waals surface area contributed by atoms with E-state index in [1.165, 1.54) is 18.5 Å². The molecular weight excluding hydrogens is 314 g/mol. The number of fused-ring (bicyclic) bond motifs is 1. The summed E-state index contributed by atoms with van der Waals surface area (Å²) in [4.78, 5) is 13.3. The maximum atomic E-state index is 5.46. The maximum Gasteiger partial charge on any atom is 0.140 e. The molecule has 0 spiro atoms. The fourth-order valence-electron chi connectivity index (χ4n) is 3.53. The summed E-state index contributed by atoms with van der Waals surface area (Å²) < 4.78 is 5.46. The number of aromatic nitrogens is 3. The van der Waals surface area contributed by atoms with Gasteiger partial charge in [-0.1, -0.05) is 5.16 Å². The second-order valence-electron chi connectivity index (χ2n) is 7.02. The summed E-state index contributed by atoms with van der Waals surface area (Å²) in [5.41, 5.74) is 3.31. The molecule has 3 heterocycles. The van der Waals surface area contributed by atoms with Crippen LogP contribution < -0.4 is 4.90 Å². The molecule has 1 aromatic carbocycles. The lowest BCUT2D eigenvalue weighted by atomic mass is 10.2. The molecule has 2 aromatic heterocycles. The molecule has 6 heteroatoms. The Hall–Kier alpha value is -2.47. The van der Waals surface area contributed by atoms with Crippen LogP contribution in [0.3, 0.4) is 0 Å². The monoisotopic (exact) mass is 335 g/mol. The Bertz CT molecular complexity index is 880. The average molecular weight is 335 g/mol. The number of nitrogens with zero attached hydrogens (tertiary/aromatic N) is 5. The van der Waals surface area contributed by atoms with Gasteiger partial charge in [-0.25, -0.2) is 9.97 Å². The normalized spacial score (nSPS) is 18.8. The van der Waals surface area contributed by atoms with E-state index in [0.29, 0.717) is 5.92 Å². The summed E-state index contributed by atoms with van der Waals surface area (Å²) in [7, 11) is 0. The Kier molecular flexibility index (Phi) is 3.63. The Morgan fingerprint density at radius 2 is 1.96 bits per heavy atom. The van der Waals surface area contributed by atoms with Gasteiger partial charge in [0.15, 0.2) is 0 Å². The lowest BCUT2D eigenvalue weighted by Gasteiger charge is -2.35. The van der Waals surface area contributed by atoms with Crippen LogP contribution in [0.25, 0.3) is 10.9 Å². The van der Waals surface area contributed by atoms with E-state index in [-0.39, 0.29) is 0 Å². The van der Waals surface area contributed by atoms with Crippen molar-refractivity contribution in [2.45, 2.75) is 25.3 Å². The highest BCUT2D eigenvalue weighted by molar-refractivity contribution is 5.81. The van der Waals surface area contributed by atoms with Crippen molar-refractivity contribution in [3.8, 4) is 0 Å². The standard InChI is InChI=1S/C19H21N5O/c1-2-14(1)19-10-16(22-25-19)12-23-5-7-24(8-6-23)17-3-4-18-15(9-17)11-20-13-21-18/h3-4,9-11,13-14H,1-2,5-8,12H2. The molecule has 5 rings (SSSR count). The van der Waals surface area contributed by atoms with Crippen molar-refractivity contribution in [1.82, 2.24) is 20.0 Å².